The largest absolute Gasteiger partial charge is 0.464 e. The molecule has 0 aliphatic carbocycles. The van der Waals surface area contributed by atoms with E-state index in [0.29, 0.717) is 35.4 Å². The van der Waals surface area contributed by atoms with Crippen LogP contribution in [0.25, 0.3) is 11.0 Å². The highest BCUT2D eigenvalue weighted by Gasteiger charge is 2.29. The number of carbonyl (C=O) groups excluding carboxylic acids is 2. The average molecular weight is 437 g/mol. The summed E-state index contributed by atoms with van der Waals surface area (Å²) in [5, 5.41) is 6.94. The molecule has 1 fully saturated rings. The first-order valence-electron chi connectivity index (χ1n) is 10.8. The lowest BCUT2D eigenvalue weighted by atomic mass is 10.2. The lowest BCUT2D eigenvalue weighted by molar-refractivity contribution is 0.0580. The second-order valence-corrected chi connectivity index (χ2v) is 8.18. The van der Waals surface area contributed by atoms with Crippen LogP contribution in [0, 0.1) is 0 Å². The van der Waals surface area contributed by atoms with Crippen LogP contribution >= 0.6 is 0 Å². The van der Waals surface area contributed by atoms with Gasteiger partial charge in [0, 0.05) is 23.6 Å². The van der Waals surface area contributed by atoms with E-state index in [1.807, 2.05) is 26.0 Å². The van der Waals surface area contributed by atoms with Crippen molar-refractivity contribution in [3.05, 3.63) is 53.9 Å². The molecule has 3 aromatic rings. The number of hydrogen-bond donors (Lipinski definition) is 2. The van der Waals surface area contributed by atoms with Crippen LogP contribution in [0.4, 0.5) is 11.4 Å². The van der Waals surface area contributed by atoms with Crippen LogP contribution in [0.5, 0.6) is 0 Å². The number of methoxy groups -OCH3 is 1. The number of rotatable bonds is 7. The predicted octanol–water partition coefficient (Wildman–Crippen LogP) is 4.07. The van der Waals surface area contributed by atoms with Gasteiger partial charge in [0.25, 0.3) is 5.91 Å². The highest BCUT2D eigenvalue weighted by atomic mass is 16.5. The molecule has 1 atom stereocenters. The standard InChI is InChI=1S/C24H28N4O4/c1-15(2)26-17-12-19-20(27-23(29)16-8-5-4-6-9-16)21(24(30)31-3)28(22(19)25-13-17)14-18-10-7-11-32-18/h4-6,8-9,12-13,15,18,26H,7,10-11,14H2,1-3H3,(H,27,29)/t18-/m0/s1. The lowest BCUT2D eigenvalue weighted by Crippen LogP contribution is -2.21. The number of ether oxygens (including phenoxy) is 2. The summed E-state index contributed by atoms with van der Waals surface area (Å²) in [5.41, 5.74) is 2.54. The highest BCUT2D eigenvalue weighted by molar-refractivity contribution is 6.14. The van der Waals surface area contributed by atoms with Crippen LogP contribution in [-0.2, 0) is 16.0 Å². The quantitative estimate of drug-likeness (QED) is 0.542. The average Bonchev–Trinajstić information content (AvgIpc) is 3.40. The Morgan fingerprint density at radius 1 is 1.28 bits per heavy atom. The Morgan fingerprint density at radius 3 is 2.72 bits per heavy atom. The minimum atomic E-state index is -0.539. The van der Waals surface area contributed by atoms with Gasteiger partial charge in [0.2, 0.25) is 0 Å². The molecule has 8 heteroatoms. The number of carbonyl (C=O) groups is 2. The number of pyridine rings is 1. The molecule has 2 aromatic heterocycles. The molecule has 1 amide bonds. The fourth-order valence-electron chi connectivity index (χ4n) is 4.02. The fraction of sp³-hybridized carbons (Fsp3) is 0.375. The van der Waals surface area contributed by atoms with E-state index in [2.05, 4.69) is 15.6 Å². The van der Waals surface area contributed by atoms with E-state index in [1.54, 1.807) is 35.0 Å². The molecule has 0 bridgehead atoms. The Labute approximate surface area is 186 Å². The highest BCUT2D eigenvalue weighted by Crippen LogP contribution is 2.34. The summed E-state index contributed by atoms with van der Waals surface area (Å²) in [6, 6.07) is 11.0. The normalized spacial score (nSPS) is 15.8. The number of nitrogens with zero attached hydrogens (tertiary/aromatic N) is 2. The molecule has 1 aromatic carbocycles. The Hall–Kier alpha value is -3.39. The molecule has 0 saturated carbocycles. The SMILES string of the molecule is COC(=O)c1c(NC(=O)c2ccccc2)c2cc(NC(C)C)cnc2n1C[C@@H]1CCCO1. The number of hydrogen-bond acceptors (Lipinski definition) is 6. The first-order valence-corrected chi connectivity index (χ1v) is 10.8. The molecule has 32 heavy (non-hydrogen) atoms. The van der Waals surface area contributed by atoms with Crippen LogP contribution in [0.15, 0.2) is 42.6 Å². The minimum absolute atomic E-state index is 0.0260. The predicted molar refractivity (Wildman–Crippen MR) is 123 cm³/mol. The number of esters is 1. The van der Waals surface area contributed by atoms with Gasteiger partial charge in [-0.05, 0) is 44.9 Å². The maximum Gasteiger partial charge on any atom is 0.356 e. The molecule has 1 saturated heterocycles. The maximum atomic E-state index is 13.0. The van der Waals surface area contributed by atoms with Gasteiger partial charge in [-0.25, -0.2) is 9.78 Å². The summed E-state index contributed by atoms with van der Waals surface area (Å²) < 4.78 is 12.7. The number of nitrogens with one attached hydrogen (secondary N) is 2. The second-order valence-electron chi connectivity index (χ2n) is 8.18. The van der Waals surface area contributed by atoms with Crippen molar-refractivity contribution in [2.75, 3.05) is 24.4 Å². The van der Waals surface area contributed by atoms with Crippen LogP contribution in [-0.4, -0.2) is 47.3 Å². The van der Waals surface area contributed by atoms with Gasteiger partial charge in [0.1, 0.15) is 5.65 Å². The summed E-state index contributed by atoms with van der Waals surface area (Å²) in [6.07, 6.45) is 3.59. The number of anilines is 2. The zero-order valence-electron chi connectivity index (χ0n) is 18.6. The summed E-state index contributed by atoms with van der Waals surface area (Å²) >= 11 is 0. The number of amides is 1. The topological polar surface area (TPSA) is 94.5 Å². The van der Waals surface area contributed by atoms with E-state index in [4.69, 9.17) is 9.47 Å². The minimum Gasteiger partial charge on any atom is -0.464 e. The number of fused-ring (bicyclic) bond motifs is 1. The van der Waals surface area contributed by atoms with Gasteiger partial charge in [0.05, 0.1) is 37.3 Å². The van der Waals surface area contributed by atoms with Crippen molar-refractivity contribution in [1.82, 2.24) is 9.55 Å². The smallest absolute Gasteiger partial charge is 0.356 e. The Morgan fingerprint density at radius 2 is 2.06 bits per heavy atom. The van der Waals surface area contributed by atoms with E-state index < -0.39 is 5.97 Å². The van der Waals surface area contributed by atoms with Gasteiger partial charge >= 0.3 is 5.97 Å². The molecule has 3 heterocycles. The molecule has 2 N–H and O–H groups in total. The molecule has 0 radical (unpaired) electrons. The van der Waals surface area contributed by atoms with E-state index >= 15 is 0 Å². The van der Waals surface area contributed by atoms with Crippen LogP contribution in [0.1, 0.15) is 47.5 Å². The summed E-state index contributed by atoms with van der Waals surface area (Å²) in [7, 11) is 1.33. The van der Waals surface area contributed by atoms with Crippen LogP contribution in [0.3, 0.4) is 0 Å². The molecular weight excluding hydrogens is 408 g/mol. The van der Waals surface area contributed by atoms with E-state index in [0.717, 1.165) is 18.5 Å². The number of aromatic nitrogens is 2. The van der Waals surface area contributed by atoms with E-state index in [1.165, 1.54) is 7.11 Å². The third-order valence-electron chi connectivity index (χ3n) is 5.42. The van der Waals surface area contributed by atoms with Gasteiger partial charge in [-0.15, -0.1) is 0 Å². The first-order chi connectivity index (χ1) is 15.5. The van der Waals surface area contributed by atoms with E-state index in [9.17, 15) is 9.59 Å². The zero-order chi connectivity index (χ0) is 22.7. The van der Waals surface area contributed by atoms with Crippen molar-refractivity contribution >= 4 is 34.3 Å². The molecule has 4 rings (SSSR count). The van der Waals surface area contributed by atoms with Crippen molar-refractivity contribution in [3.63, 3.8) is 0 Å². The van der Waals surface area contributed by atoms with Crippen LogP contribution < -0.4 is 10.6 Å². The monoisotopic (exact) mass is 436 g/mol. The van der Waals surface area contributed by atoms with Gasteiger partial charge < -0.3 is 24.7 Å². The molecular formula is C24H28N4O4. The Bertz CT molecular complexity index is 1120. The third-order valence-corrected chi connectivity index (χ3v) is 5.42. The van der Waals surface area contributed by atoms with Crippen molar-refractivity contribution in [2.45, 2.75) is 45.4 Å². The third kappa shape index (κ3) is 4.45. The van der Waals surface area contributed by atoms with Crippen molar-refractivity contribution in [3.8, 4) is 0 Å². The van der Waals surface area contributed by atoms with E-state index in [-0.39, 0.29) is 23.7 Å². The molecule has 0 spiro atoms. The molecule has 0 unspecified atom stereocenters. The Balaban J connectivity index is 1.86. The second kappa shape index (κ2) is 9.40. The molecule has 1 aliphatic rings. The molecule has 8 nitrogen and oxygen atoms in total. The van der Waals surface area contributed by atoms with Gasteiger partial charge in [0.15, 0.2) is 5.69 Å². The molecule has 168 valence electrons. The van der Waals surface area contributed by atoms with Crippen molar-refractivity contribution < 1.29 is 19.1 Å². The number of benzene rings is 1. The summed E-state index contributed by atoms with van der Waals surface area (Å²) in [5.74, 6) is -0.850. The van der Waals surface area contributed by atoms with Gasteiger partial charge in [-0.3, -0.25) is 4.79 Å². The van der Waals surface area contributed by atoms with Crippen molar-refractivity contribution in [1.29, 1.82) is 0 Å². The maximum absolute atomic E-state index is 13.0. The van der Waals surface area contributed by atoms with Crippen molar-refractivity contribution in [2.24, 2.45) is 0 Å². The van der Waals surface area contributed by atoms with Gasteiger partial charge in [-0.1, -0.05) is 18.2 Å². The first kappa shape index (κ1) is 21.8. The molecule has 1 aliphatic heterocycles. The zero-order valence-corrected chi connectivity index (χ0v) is 18.6. The summed E-state index contributed by atoms with van der Waals surface area (Å²) in [6.45, 7) is 5.21. The fourth-order valence-corrected chi connectivity index (χ4v) is 4.02. The Kier molecular flexibility index (Phi) is 6.41. The summed E-state index contributed by atoms with van der Waals surface area (Å²) in [4.78, 5) is 30.5. The lowest BCUT2D eigenvalue weighted by Gasteiger charge is -2.14. The van der Waals surface area contributed by atoms with Crippen LogP contribution in [0.2, 0.25) is 0 Å². The van der Waals surface area contributed by atoms with Gasteiger partial charge in [-0.2, -0.15) is 0 Å².